The molecular weight excluding hydrogens is 443 g/mol. The quantitative estimate of drug-likeness (QED) is 0.479. The van der Waals surface area contributed by atoms with Crippen molar-refractivity contribution in [1.29, 1.82) is 0 Å². The van der Waals surface area contributed by atoms with E-state index in [1.807, 2.05) is 5.32 Å². The Morgan fingerprint density at radius 2 is 1.84 bits per heavy atom. The van der Waals surface area contributed by atoms with E-state index >= 15 is 0 Å². The molecule has 0 spiro atoms. The van der Waals surface area contributed by atoms with Crippen LogP contribution >= 0.6 is 11.6 Å². The lowest BCUT2D eigenvalue weighted by Crippen LogP contribution is -2.54. The van der Waals surface area contributed by atoms with Crippen LogP contribution in [0.5, 0.6) is 0 Å². The van der Waals surface area contributed by atoms with Gasteiger partial charge < -0.3 is 14.3 Å². The minimum Gasteiger partial charge on any atom is -0.545 e. The van der Waals surface area contributed by atoms with Crippen LogP contribution in [0, 0.1) is 5.82 Å². The average Bonchev–Trinajstić information content (AvgIpc) is 3.21. The molecule has 1 saturated heterocycles. The largest absolute Gasteiger partial charge is 0.545 e. The second-order valence-electron chi connectivity index (χ2n) is 6.59. The zero-order valence-corrected chi connectivity index (χ0v) is 16.7. The number of furan rings is 1. The number of nitrogens with one attached hydrogen (secondary N) is 1. The van der Waals surface area contributed by atoms with Gasteiger partial charge in [-0.1, -0.05) is 29.8 Å². The third-order valence-electron chi connectivity index (χ3n) is 4.58. The van der Waals surface area contributed by atoms with E-state index in [2.05, 4.69) is 0 Å². The molecule has 0 bridgehead atoms. The molecule has 3 aromatic rings. The van der Waals surface area contributed by atoms with Crippen LogP contribution in [-0.2, 0) is 9.59 Å². The van der Waals surface area contributed by atoms with E-state index in [-0.39, 0.29) is 33.4 Å². The molecule has 2 aromatic carbocycles. The summed E-state index contributed by atoms with van der Waals surface area (Å²) in [6.45, 7) is 0. The standard InChI is InChI=1S/C22H12ClFN2O6/c23-15-7-5-11(21(29)30)9-13(15)18-8-6-12(32-18)10-14-19(27)25-22(31)26(20(14)28)17-4-2-1-3-16(17)24/h1-10H,(H,29,30)(H,25,27,31)/p-1/b14-10-. The smallest absolute Gasteiger partial charge is 0.336 e. The fraction of sp³-hybridized carbons (Fsp3) is 0. The topological polar surface area (TPSA) is 120 Å². The highest BCUT2D eigenvalue weighted by Gasteiger charge is 2.38. The van der Waals surface area contributed by atoms with E-state index in [0.29, 0.717) is 4.90 Å². The number of halogens is 2. The second kappa shape index (κ2) is 8.12. The number of nitrogens with zero attached hydrogens (tertiary/aromatic N) is 1. The van der Waals surface area contributed by atoms with Crippen molar-refractivity contribution in [1.82, 2.24) is 5.32 Å². The number of carbonyl (C=O) groups is 4. The number of para-hydroxylation sites is 1. The van der Waals surface area contributed by atoms with Gasteiger partial charge in [-0.2, -0.15) is 0 Å². The van der Waals surface area contributed by atoms with Crippen molar-refractivity contribution in [3.63, 3.8) is 0 Å². The molecule has 0 aliphatic carbocycles. The van der Waals surface area contributed by atoms with Gasteiger partial charge in [0.05, 0.1) is 16.7 Å². The van der Waals surface area contributed by atoms with E-state index in [1.54, 1.807) is 0 Å². The maximum absolute atomic E-state index is 14.1. The SMILES string of the molecule is O=C1NC(=O)N(c2ccccc2F)C(=O)/C1=C\c1ccc(-c2cc(C(=O)[O-])ccc2Cl)o1. The highest BCUT2D eigenvalue weighted by atomic mass is 35.5. The predicted octanol–water partition coefficient (Wildman–Crippen LogP) is 2.77. The van der Waals surface area contributed by atoms with Crippen molar-refractivity contribution in [2.75, 3.05) is 4.90 Å². The first-order valence-corrected chi connectivity index (χ1v) is 9.41. The van der Waals surface area contributed by atoms with Gasteiger partial charge in [0, 0.05) is 5.56 Å². The van der Waals surface area contributed by atoms with Gasteiger partial charge in [0.1, 0.15) is 22.9 Å². The van der Waals surface area contributed by atoms with Gasteiger partial charge in [0.2, 0.25) is 0 Å². The molecule has 2 heterocycles. The Bertz CT molecular complexity index is 1330. The molecule has 1 aromatic heterocycles. The van der Waals surface area contributed by atoms with Crippen LogP contribution < -0.4 is 15.3 Å². The van der Waals surface area contributed by atoms with Gasteiger partial charge in [-0.25, -0.2) is 14.1 Å². The molecule has 0 unspecified atom stereocenters. The average molecular weight is 454 g/mol. The number of rotatable bonds is 4. The number of amides is 4. The van der Waals surface area contributed by atoms with Crippen molar-refractivity contribution in [2.24, 2.45) is 0 Å². The number of barbiturate groups is 1. The molecule has 1 N–H and O–H groups in total. The minimum atomic E-state index is -1.40. The summed E-state index contributed by atoms with van der Waals surface area (Å²) in [6.07, 6.45) is 1.08. The lowest BCUT2D eigenvalue weighted by Gasteiger charge is -2.26. The molecule has 160 valence electrons. The molecule has 0 saturated carbocycles. The number of urea groups is 1. The Kier molecular flexibility index (Phi) is 5.33. The normalized spacial score (nSPS) is 15.2. The van der Waals surface area contributed by atoms with Crippen LogP contribution in [0.25, 0.3) is 17.4 Å². The van der Waals surface area contributed by atoms with E-state index in [9.17, 15) is 28.7 Å². The fourth-order valence-corrected chi connectivity index (χ4v) is 3.28. The van der Waals surface area contributed by atoms with Crippen molar-refractivity contribution in [3.05, 3.63) is 82.3 Å². The first kappa shape index (κ1) is 21.0. The molecule has 32 heavy (non-hydrogen) atoms. The van der Waals surface area contributed by atoms with Crippen molar-refractivity contribution in [3.8, 4) is 11.3 Å². The van der Waals surface area contributed by atoms with E-state index in [0.717, 1.165) is 12.1 Å². The number of carboxylic acids is 1. The van der Waals surface area contributed by atoms with Crippen LogP contribution in [0.4, 0.5) is 14.9 Å². The third kappa shape index (κ3) is 3.77. The Hall–Kier alpha value is -4.24. The van der Waals surface area contributed by atoms with Crippen LogP contribution in [0.2, 0.25) is 5.02 Å². The summed E-state index contributed by atoms with van der Waals surface area (Å²) in [7, 11) is 0. The van der Waals surface area contributed by atoms with Gasteiger partial charge in [-0.15, -0.1) is 0 Å². The predicted molar refractivity (Wildman–Crippen MR) is 109 cm³/mol. The summed E-state index contributed by atoms with van der Waals surface area (Å²) in [5, 5.41) is 13.3. The number of benzene rings is 2. The van der Waals surface area contributed by atoms with E-state index < -0.39 is 35.2 Å². The van der Waals surface area contributed by atoms with E-state index in [1.165, 1.54) is 48.5 Å². The molecule has 4 amide bonds. The van der Waals surface area contributed by atoms with Crippen LogP contribution in [0.3, 0.4) is 0 Å². The van der Waals surface area contributed by atoms with Gasteiger partial charge >= 0.3 is 6.03 Å². The monoisotopic (exact) mass is 453 g/mol. The van der Waals surface area contributed by atoms with Crippen LogP contribution in [0.1, 0.15) is 16.1 Å². The molecule has 4 rings (SSSR count). The number of hydrogen-bond donors (Lipinski definition) is 1. The third-order valence-corrected chi connectivity index (χ3v) is 4.91. The number of anilines is 1. The summed E-state index contributed by atoms with van der Waals surface area (Å²) < 4.78 is 19.7. The summed E-state index contributed by atoms with van der Waals surface area (Å²) in [6, 6.07) is 10.8. The summed E-state index contributed by atoms with van der Waals surface area (Å²) in [5.74, 6) is -4.06. The van der Waals surface area contributed by atoms with Crippen molar-refractivity contribution in [2.45, 2.75) is 0 Å². The minimum absolute atomic E-state index is 0.0382. The molecular formula is C22H11ClFN2O6-. The Labute approximate surface area is 184 Å². The number of carbonyl (C=O) groups excluding carboxylic acids is 4. The summed E-state index contributed by atoms with van der Waals surface area (Å²) >= 11 is 6.11. The summed E-state index contributed by atoms with van der Waals surface area (Å²) in [5.41, 5.74) is -0.662. The first-order chi connectivity index (χ1) is 15.3. The summed E-state index contributed by atoms with van der Waals surface area (Å²) in [4.78, 5) is 48.9. The Morgan fingerprint density at radius 1 is 1.09 bits per heavy atom. The molecule has 8 nitrogen and oxygen atoms in total. The fourth-order valence-electron chi connectivity index (χ4n) is 3.07. The number of carboxylic acid groups (broad SMARTS) is 1. The maximum atomic E-state index is 14.1. The highest BCUT2D eigenvalue weighted by molar-refractivity contribution is 6.39. The number of imide groups is 2. The lowest BCUT2D eigenvalue weighted by molar-refractivity contribution is -0.255. The molecule has 0 radical (unpaired) electrons. The maximum Gasteiger partial charge on any atom is 0.336 e. The molecule has 1 aliphatic heterocycles. The second-order valence-corrected chi connectivity index (χ2v) is 7.00. The van der Waals surface area contributed by atoms with Gasteiger partial charge in [-0.05, 0) is 48.0 Å². The molecule has 0 atom stereocenters. The zero-order valence-electron chi connectivity index (χ0n) is 15.9. The highest BCUT2D eigenvalue weighted by Crippen LogP contribution is 2.31. The van der Waals surface area contributed by atoms with Gasteiger partial charge in [0.15, 0.2) is 0 Å². The molecule has 1 fully saturated rings. The van der Waals surface area contributed by atoms with Gasteiger partial charge in [-0.3, -0.25) is 14.9 Å². The zero-order chi connectivity index (χ0) is 23.0. The van der Waals surface area contributed by atoms with Crippen LogP contribution in [0.15, 0.2) is 64.6 Å². The van der Waals surface area contributed by atoms with E-state index in [4.69, 9.17) is 16.0 Å². The Balaban J connectivity index is 1.71. The van der Waals surface area contributed by atoms with Crippen LogP contribution in [-0.4, -0.2) is 23.8 Å². The lowest BCUT2D eigenvalue weighted by atomic mass is 10.1. The molecule has 1 aliphatic rings. The number of aromatic carboxylic acids is 1. The first-order valence-electron chi connectivity index (χ1n) is 9.03. The van der Waals surface area contributed by atoms with Crippen molar-refractivity contribution < 1.29 is 33.1 Å². The van der Waals surface area contributed by atoms with Crippen molar-refractivity contribution >= 4 is 47.2 Å². The molecule has 10 heteroatoms. The number of hydrogen-bond acceptors (Lipinski definition) is 6. The van der Waals surface area contributed by atoms with Gasteiger partial charge in [0.25, 0.3) is 11.8 Å². The Morgan fingerprint density at radius 3 is 2.56 bits per heavy atom.